The van der Waals surface area contributed by atoms with Crippen LogP contribution in [0.3, 0.4) is 0 Å². The average molecular weight is 369 g/mol. The molecule has 3 heterocycles. The quantitative estimate of drug-likeness (QED) is 0.710. The molecule has 0 saturated carbocycles. The number of hydrogen-bond acceptors (Lipinski definition) is 4. The minimum atomic E-state index is -0.145. The van der Waals surface area contributed by atoms with E-state index >= 15 is 0 Å². The van der Waals surface area contributed by atoms with Crippen molar-refractivity contribution in [2.24, 2.45) is 5.92 Å². The summed E-state index contributed by atoms with van der Waals surface area (Å²) < 4.78 is 5.69. The van der Waals surface area contributed by atoms with Gasteiger partial charge in [-0.15, -0.1) is 11.3 Å². The Bertz CT molecular complexity index is 830. The molecule has 0 spiro atoms. The predicted octanol–water partition coefficient (Wildman–Crippen LogP) is 4.70. The second-order valence-electron chi connectivity index (χ2n) is 7.11. The number of amides is 1. The monoisotopic (exact) mass is 368 g/mol. The van der Waals surface area contributed by atoms with E-state index in [1.54, 1.807) is 11.3 Å². The summed E-state index contributed by atoms with van der Waals surface area (Å²) in [5.74, 6) is 1.02. The fourth-order valence-corrected chi connectivity index (χ4v) is 4.46. The summed E-state index contributed by atoms with van der Waals surface area (Å²) >= 11 is 1.76. The van der Waals surface area contributed by atoms with E-state index in [1.165, 1.54) is 17.7 Å². The highest BCUT2D eigenvalue weighted by Crippen LogP contribution is 2.29. The van der Waals surface area contributed by atoms with Gasteiger partial charge in [0.25, 0.3) is 5.91 Å². The van der Waals surface area contributed by atoms with E-state index in [0.29, 0.717) is 12.3 Å². The minimum absolute atomic E-state index is 0.145. The number of fused-ring (bicyclic) bond motifs is 1. The van der Waals surface area contributed by atoms with Crippen LogP contribution in [0, 0.1) is 5.92 Å². The maximum Gasteiger partial charge on any atom is 0.287 e. The SMILES string of the molecule is CC1CCN(C(CNC(=O)c2cc3ccccc3o2)c2cccs2)CC1. The summed E-state index contributed by atoms with van der Waals surface area (Å²) in [5, 5.41) is 6.15. The molecule has 2 aromatic heterocycles. The molecular formula is C21H24N2O2S. The fourth-order valence-electron chi connectivity index (χ4n) is 3.60. The van der Waals surface area contributed by atoms with Crippen molar-refractivity contribution in [1.29, 1.82) is 0 Å². The molecule has 4 nitrogen and oxygen atoms in total. The zero-order chi connectivity index (χ0) is 17.9. The van der Waals surface area contributed by atoms with Crippen LogP contribution in [-0.2, 0) is 0 Å². The van der Waals surface area contributed by atoms with Crippen LogP contribution >= 0.6 is 11.3 Å². The third kappa shape index (κ3) is 3.69. The van der Waals surface area contributed by atoms with E-state index in [2.05, 4.69) is 34.7 Å². The van der Waals surface area contributed by atoms with Crippen LogP contribution in [0.2, 0.25) is 0 Å². The highest BCUT2D eigenvalue weighted by Gasteiger charge is 2.26. The second kappa shape index (κ2) is 7.64. The predicted molar refractivity (Wildman–Crippen MR) is 106 cm³/mol. The largest absolute Gasteiger partial charge is 0.451 e. The number of carbonyl (C=O) groups excluding carboxylic acids is 1. The number of benzene rings is 1. The molecule has 0 aliphatic carbocycles. The van der Waals surface area contributed by atoms with E-state index in [-0.39, 0.29) is 11.9 Å². The van der Waals surface area contributed by atoms with Crippen LogP contribution < -0.4 is 5.32 Å². The number of likely N-dealkylation sites (tertiary alicyclic amines) is 1. The van der Waals surface area contributed by atoms with Gasteiger partial charge < -0.3 is 9.73 Å². The number of rotatable bonds is 5. The standard InChI is InChI=1S/C21H24N2O2S/c1-15-8-10-23(11-9-15)17(20-7-4-12-26-20)14-22-21(24)19-13-16-5-2-3-6-18(16)25-19/h2-7,12-13,15,17H,8-11,14H2,1H3,(H,22,24). The van der Waals surface area contributed by atoms with Gasteiger partial charge in [0, 0.05) is 16.8 Å². The average Bonchev–Trinajstić information content (AvgIpc) is 3.33. The highest BCUT2D eigenvalue weighted by molar-refractivity contribution is 7.10. The van der Waals surface area contributed by atoms with Gasteiger partial charge in [-0.2, -0.15) is 0 Å². The molecule has 0 bridgehead atoms. The Labute approximate surface area is 157 Å². The van der Waals surface area contributed by atoms with Crippen molar-refractivity contribution >= 4 is 28.2 Å². The number of hydrogen-bond donors (Lipinski definition) is 1. The van der Waals surface area contributed by atoms with Crippen LogP contribution in [0.5, 0.6) is 0 Å². The molecule has 5 heteroatoms. The first kappa shape index (κ1) is 17.3. The lowest BCUT2D eigenvalue weighted by Crippen LogP contribution is -2.41. The molecule has 1 atom stereocenters. The zero-order valence-corrected chi connectivity index (χ0v) is 15.8. The van der Waals surface area contributed by atoms with Gasteiger partial charge in [0.05, 0.1) is 6.04 Å². The van der Waals surface area contributed by atoms with Gasteiger partial charge in [-0.25, -0.2) is 0 Å². The van der Waals surface area contributed by atoms with Gasteiger partial charge in [0.15, 0.2) is 5.76 Å². The Morgan fingerprint density at radius 3 is 2.81 bits per heavy atom. The lowest BCUT2D eigenvalue weighted by molar-refractivity contribution is 0.0890. The lowest BCUT2D eigenvalue weighted by Gasteiger charge is -2.36. The van der Waals surface area contributed by atoms with Gasteiger partial charge in [-0.05, 0) is 55.4 Å². The van der Waals surface area contributed by atoms with Crippen molar-refractivity contribution in [3.05, 3.63) is 58.5 Å². The molecule has 1 aromatic carbocycles. The van der Waals surface area contributed by atoms with E-state index in [0.717, 1.165) is 30.0 Å². The van der Waals surface area contributed by atoms with Crippen molar-refractivity contribution in [2.45, 2.75) is 25.8 Å². The number of nitrogens with zero attached hydrogens (tertiary/aromatic N) is 1. The maximum atomic E-state index is 12.6. The number of nitrogens with one attached hydrogen (secondary N) is 1. The normalized spacial score (nSPS) is 17.4. The molecule has 1 saturated heterocycles. The summed E-state index contributed by atoms with van der Waals surface area (Å²) in [4.78, 5) is 16.4. The molecule has 136 valence electrons. The summed E-state index contributed by atoms with van der Waals surface area (Å²) in [6.45, 7) is 5.10. The highest BCUT2D eigenvalue weighted by atomic mass is 32.1. The van der Waals surface area contributed by atoms with Crippen molar-refractivity contribution in [3.8, 4) is 0 Å². The molecule has 1 N–H and O–H groups in total. The molecule has 0 radical (unpaired) electrons. The summed E-state index contributed by atoms with van der Waals surface area (Å²) in [5.41, 5.74) is 0.748. The van der Waals surface area contributed by atoms with Crippen LogP contribution in [-0.4, -0.2) is 30.4 Å². The molecule has 1 aliphatic heterocycles. The number of para-hydroxylation sites is 1. The number of carbonyl (C=O) groups is 1. The zero-order valence-electron chi connectivity index (χ0n) is 15.0. The van der Waals surface area contributed by atoms with E-state index in [4.69, 9.17) is 4.42 Å². The van der Waals surface area contributed by atoms with E-state index in [9.17, 15) is 4.79 Å². The van der Waals surface area contributed by atoms with Crippen LogP contribution in [0.25, 0.3) is 11.0 Å². The van der Waals surface area contributed by atoms with Crippen molar-refractivity contribution in [2.75, 3.05) is 19.6 Å². The Morgan fingerprint density at radius 2 is 2.08 bits per heavy atom. The first-order valence-electron chi connectivity index (χ1n) is 9.25. The van der Waals surface area contributed by atoms with Gasteiger partial charge in [-0.3, -0.25) is 9.69 Å². The Morgan fingerprint density at radius 1 is 1.27 bits per heavy atom. The minimum Gasteiger partial charge on any atom is -0.451 e. The summed E-state index contributed by atoms with van der Waals surface area (Å²) in [7, 11) is 0. The number of thiophene rings is 1. The first-order chi connectivity index (χ1) is 12.7. The fraction of sp³-hybridized carbons (Fsp3) is 0.381. The lowest BCUT2D eigenvalue weighted by atomic mass is 9.97. The van der Waals surface area contributed by atoms with Crippen LogP contribution in [0.15, 0.2) is 52.3 Å². The van der Waals surface area contributed by atoms with Gasteiger partial charge >= 0.3 is 0 Å². The molecule has 1 amide bonds. The van der Waals surface area contributed by atoms with Gasteiger partial charge in [0.1, 0.15) is 5.58 Å². The molecule has 4 rings (SSSR count). The third-order valence-electron chi connectivity index (χ3n) is 5.24. The van der Waals surface area contributed by atoms with Crippen molar-refractivity contribution < 1.29 is 9.21 Å². The summed E-state index contributed by atoms with van der Waals surface area (Å²) in [6.07, 6.45) is 2.44. The first-order valence-corrected chi connectivity index (χ1v) is 10.1. The number of piperidine rings is 1. The Balaban J connectivity index is 1.46. The van der Waals surface area contributed by atoms with Gasteiger partial charge in [-0.1, -0.05) is 31.2 Å². The topological polar surface area (TPSA) is 45.5 Å². The van der Waals surface area contributed by atoms with Gasteiger partial charge in [0.2, 0.25) is 0 Å². The van der Waals surface area contributed by atoms with E-state index in [1.807, 2.05) is 30.3 Å². The van der Waals surface area contributed by atoms with Crippen molar-refractivity contribution in [3.63, 3.8) is 0 Å². The van der Waals surface area contributed by atoms with Crippen LogP contribution in [0.1, 0.15) is 41.2 Å². The second-order valence-corrected chi connectivity index (χ2v) is 8.09. The Kier molecular flexibility index (Phi) is 5.09. The molecule has 1 unspecified atom stereocenters. The molecule has 1 fully saturated rings. The molecule has 3 aromatic rings. The smallest absolute Gasteiger partial charge is 0.287 e. The maximum absolute atomic E-state index is 12.6. The third-order valence-corrected chi connectivity index (χ3v) is 6.21. The molecule has 1 aliphatic rings. The number of furan rings is 1. The van der Waals surface area contributed by atoms with Crippen LogP contribution in [0.4, 0.5) is 0 Å². The summed E-state index contributed by atoms with van der Waals surface area (Å²) in [6, 6.07) is 14.0. The van der Waals surface area contributed by atoms with E-state index < -0.39 is 0 Å². The molecule has 26 heavy (non-hydrogen) atoms. The van der Waals surface area contributed by atoms with Crippen molar-refractivity contribution in [1.82, 2.24) is 10.2 Å². The molecular weight excluding hydrogens is 344 g/mol. The Hall–Kier alpha value is -2.11.